The van der Waals surface area contributed by atoms with Crippen molar-refractivity contribution in [2.24, 2.45) is 0 Å². The molecule has 0 bridgehead atoms. The molecule has 31 heavy (non-hydrogen) atoms. The van der Waals surface area contributed by atoms with Crippen molar-refractivity contribution >= 4 is 12.2 Å². The third-order valence-corrected chi connectivity index (χ3v) is 4.76. The number of ether oxygens (including phenoxy) is 1. The average Bonchev–Trinajstić information content (AvgIpc) is 3.48. The van der Waals surface area contributed by atoms with Gasteiger partial charge in [0, 0.05) is 24.4 Å². The Hall–Kier alpha value is -3.74. The van der Waals surface area contributed by atoms with Crippen LogP contribution in [0.2, 0.25) is 0 Å². The largest absolute Gasteiger partial charge is 0.487 e. The van der Waals surface area contributed by atoms with Gasteiger partial charge in [0.1, 0.15) is 30.1 Å². The van der Waals surface area contributed by atoms with Gasteiger partial charge in [0.2, 0.25) is 5.89 Å². The van der Waals surface area contributed by atoms with Crippen molar-refractivity contribution in [3.63, 3.8) is 0 Å². The first kappa shape index (κ1) is 20.5. The Bertz CT molecular complexity index is 1100. The quantitative estimate of drug-likeness (QED) is 0.332. The van der Waals surface area contributed by atoms with Gasteiger partial charge in [-0.15, -0.1) is 5.10 Å². The van der Waals surface area contributed by atoms with E-state index in [1.165, 1.54) is 11.6 Å². The summed E-state index contributed by atoms with van der Waals surface area (Å²) in [6.45, 7) is 1.19. The molecule has 0 saturated carbocycles. The number of aryl methyl sites for hydroxylation is 2. The molecule has 0 amide bonds. The van der Waals surface area contributed by atoms with Gasteiger partial charge in [-0.3, -0.25) is 4.68 Å². The molecule has 6 nitrogen and oxygen atoms in total. The SMILES string of the molecule is Fc1ccccc1/C=C/c1nc(COc2ccc(CCCCn3ccnn3)cc2)co1. The number of nitrogens with zero attached hydrogens (tertiary/aromatic N) is 4. The number of oxazole rings is 1. The normalized spacial score (nSPS) is 11.3. The number of unbranched alkanes of at least 4 members (excludes halogenated alkanes) is 1. The van der Waals surface area contributed by atoms with E-state index in [9.17, 15) is 4.39 Å². The van der Waals surface area contributed by atoms with Crippen LogP contribution in [0.3, 0.4) is 0 Å². The summed E-state index contributed by atoms with van der Waals surface area (Å²) >= 11 is 0. The first-order chi connectivity index (χ1) is 15.3. The molecule has 2 heterocycles. The van der Waals surface area contributed by atoms with E-state index in [0.717, 1.165) is 31.6 Å². The van der Waals surface area contributed by atoms with Gasteiger partial charge in [-0.05, 0) is 49.1 Å². The molecule has 2 aromatic carbocycles. The van der Waals surface area contributed by atoms with Crippen LogP contribution in [0.5, 0.6) is 5.75 Å². The van der Waals surface area contributed by atoms with Crippen LogP contribution in [0.4, 0.5) is 4.39 Å². The van der Waals surface area contributed by atoms with E-state index in [4.69, 9.17) is 9.15 Å². The Morgan fingerprint density at radius 3 is 2.71 bits per heavy atom. The Labute approximate surface area is 180 Å². The molecule has 0 fully saturated rings. The van der Waals surface area contributed by atoms with Crippen LogP contribution in [0.15, 0.2) is 71.6 Å². The fourth-order valence-electron chi connectivity index (χ4n) is 3.10. The number of benzene rings is 2. The van der Waals surface area contributed by atoms with Gasteiger partial charge in [0.25, 0.3) is 0 Å². The zero-order valence-corrected chi connectivity index (χ0v) is 17.0. The van der Waals surface area contributed by atoms with Crippen LogP contribution in [-0.4, -0.2) is 20.0 Å². The minimum absolute atomic E-state index is 0.285. The summed E-state index contributed by atoms with van der Waals surface area (Å²) in [4.78, 5) is 4.35. The van der Waals surface area contributed by atoms with Gasteiger partial charge < -0.3 is 9.15 Å². The lowest BCUT2D eigenvalue weighted by Gasteiger charge is -2.06. The van der Waals surface area contributed by atoms with Gasteiger partial charge in [-0.25, -0.2) is 9.37 Å². The van der Waals surface area contributed by atoms with E-state index in [1.807, 2.05) is 23.0 Å². The Balaban J connectivity index is 1.22. The summed E-state index contributed by atoms with van der Waals surface area (Å²) in [6.07, 6.45) is 11.5. The van der Waals surface area contributed by atoms with Crippen molar-refractivity contribution in [2.75, 3.05) is 0 Å². The molecule has 0 aliphatic carbocycles. The Kier molecular flexibility index (Phi) is 6.85. The average molecular weight is 418 g/mol. The van der Waals surface area contributed by atoms with Crippen LogP contribution in [-0.2, 0) is 19.6 Å². The molecule has 0 atom stereocenters. The highest BCUT2D eigenvalue weighted by molar-refractivity contribution is 5.66. The minimum Gasteiger partial charge on any atom is -0.487 e. The van der Waals surface area contributed by atoms with E-state index in [-0.39, 0.29) is 5.82 Å². The number of hydrogen-bond acceptors (Lipinski definition) is 5. The van der Waals surface area contributed by atoms with Gasteiger partial charge in [0.15, 0.2) is 0 Å². The first-order valence-electron chi connectivity index (χ1n) is 10.2. The number of hydrogen-bond donors (Lipinski definition) is 0. The van der Waals surface area contributed by atoms with Crippen LogP contribution in [0.25, 0.3) is 12.2 Å². The Morgan fingerprint density at radius 1 is 1.03 bits per heavy atom. The number of aromatic nitrogens is 4. The van der Waals surface area contributed by atoms with Crippen molar-refractivity contribution in [1.29, 1.82) is 0 Å². The second-order valence-corrected chi connectivity index (χ2v) is 7.09. The molecule has 7 heteroatoms. The van der Waals surface area contributed by atoms with Gasteiger partial charge in [0.05, 0.1) is 6.20 Å². The summed E-state index contributed by atoms with van der Waals surface area (Å²) in [6, 6.07) is 14.6. The minimum atomic E-state index is -0.285. The fourth-order valence-corrected chi connectivity index (χ4v) is 3.10. The number of halogens is 1. The predicted molar refractivity (Wildman–Crippen MR) is 116 cm³/mol. The van der Waals surface area contributed by atoms with Crippen LogP contribution in [0.1, 0.15) is 35.6 Å². The summed E-state index contributed by atoms with van der Waals surface area (Å²) in [5.41, 5.74) is 2.43. The van der Waals surface area contributed by atoms with Crippen LogP contribution >= 0.6 is 0 Å². The van der Waals surface area contributed by atoms with E-state index in [0.29, 0.717) is 23.8 Å². The molecule has 4 aromatic rings. The Morgan fingerprint density at radius 2 is 1.90 bits per heavy atom. The molecular formula is C24H23FN4O2. The molecular weight excluding hydrogens is 395 g/mol. The van der Waals surface area contributed by atoms with Gasteiger partial charge in [-0.1, -0.05) is 35.5 Å². The van der Waals surface area contributed by atoms with E-state index < -0.39 is 0 Å². The van der Waals surface area contributed by atoms with Crippen molar-refractivity contribution in [3.8, 4) is 5.75 Å². The van der Waals surface area contributed by atoms with Crippen molar-refractivity contribution in [1.82, 2.24) is 20.0 Å². The highest BCUT2D eigenvalue weighted by Gasteiger charge is 2.04. The summed E-state index contributed by atoms with van der Waals surface area (Å²) < 4.78 is 26.7. The lowest BCUT2D eigenvalue weighted by molar-refractivity contribution is 0.301. The second-order valence-electron chi connectivity index (χ2n) is 7.09. The maximum Gasteiger partial charge on any atom is 0.218 e. The molecule has 4 rings (SSSR count). The molecule has 2 aromatic heterocycles. The maximum atomic E-state index is 13.7. The third-order valence-electron chi connectivity index (χ3n) is 4.76. The smallest absolute Gasteiger partial charge is 0.218 e. The van der Waals surface area contributed by atoms with E-state index >= 15 is 0 Å². The van der Waals surface area contributed by atoms with Crippen LogP contribution in [0, 0.1) is 5.82 Å². The van der Waals surface area contributed by atoms with E-state index in [2.05, 4.69) is 27.4 Å². The maximum absolute atomic E-state index is 13.7. The highest BCUT2D eigenvalue weighted by atomic mass is 19.1. The summed E-state index contributed by atoms with van der Waals surface area (Å²) in [5.74, 6) is 0.897. The summed E-state index contributed by atoms with van der Waals surface area (Å²) in [7, 11) is 0. The molecule has 158 valence electrons. The van der Waals surface area contributed by atoms with E-state index in [1.54, 1.807) is 42.8 Å². The lowest BCUT2D eigenvalue weighted by Crippen LogP contribution is -1.99. The van der Waals surface area contributed by atoms with Crippen molar-refractivity contribution < 1.29 is 13.5 Å². The topological polar surface area (TPSA) is 66.0 Å². The van der Waals surface area contributed by atoms with Crippen molar-refractivity contribution in [2.45, 2.75) is 32.4 Å². The highest BCUT2D eigenvalue weighted by Crippen LogP contribution is 2.17. The lowest BCUT2D eigenvalue weighted by atomic mass is 10.1. The zero-order valence-electron chi connectivity index (χ0n) is 17.0. The number of rotatable bonds is 10. The standard InChI is InChI=1S/C24H23FN4O2/c25-23-7-2-1-6-20(23)10-13-24-27-21(18-31-24)17-30-22-11-8-19(9-12-22)5-3-4-15-29-16-14-26-28-29/h1-2,6-14,16,18H,3-5,15,17H2/b13-10+. The van der Waals surface area contributed by atoms with Gasteiger partial charge in [-0.2, -0.15) is 0 Å². The third kappa shape index (κ3) is 6.12. The van der Waals surface area contributed by atoms with Crippen molar-refractivity contribution in [3.05, 3.63) is 95.7 Å². The molecule has 0 aliphatic rings. The predicted octanol–water partition coefficient (Wildman–Crippen LogP) is 5.18. The molecule has 0 unspecified atom stereocenters. The first-order valence-corrected chi connectivity index (χ1v) is 10.2. The zero-order chi connectivity index (χ0) is 21.3. The summed E-state index contributed by atoms with van der Waals surface area (Å²) in [5, 5.41) is 7.77. The van der Waals surface area contributed by atoms with Gasteiger partial charge >= 0.3 is 0 Å². The monoisotopic (exact) mass is 418 g/mol. The molecule has 0 saturated heterocycles. The molecule has 0 radical (unpaired) electrons. The molecule has 0 N–H and O–H groups in total. The molecule has 0 aliphatic heterocycles. The second kappa shape index (κ2) is 10.3. The van der Waals surface area contributed by atoms with Crippen LogP contribution < -0.4 is 4.74 Å². The molecule has 0 spiro atoms. The fraction of sp³-hybridized carbons (Fsp3) is 0.208.